The Labute approximate surface area is 105 Å². The second-order valence-corrected chi connectivity index (χ2v) is 11.7. The Kier molecular flexibility index (Phi) is 3.15. The van der Waals surface area contributed by atoms with Crippen LogP contribution in [-0.2, 0) is 14.0 Å². The number of hydrogen-bond acceptors (Lipinski definition) is 3. The molecule has 1 saturated carbocycles. The predicted octanol–water partition coefficient (Wildman–Crippen LogP) is 2.96. The number of cyclic esters (lactones) is 1. The molecule has 2 fully saturated rings. The Morgan fingerprint density at radius 1 is 1.35 bits per heavy atom. The first-order chi connectivity index (χ1) is 7.72. The summed E-state index contributed by atoms with van der Waals surface area (Å²) < 4.78 is 11.6. The van der Waals surface area contributed by atoms with Crippen molar-refractivity contribution in [2.24, 2.45) is 11.8 Å². The third kappa shape index (κ3) is 2.29. The zero-order chi connectivity index (χ0) is 12.8. The summed E-state index contributed by atoms with van der Waals surface area (Å²) in [6.45, 7) is 11.8. The lowest BCUT2D eigenvalue weighted by Crippen LogP contribution is -2.44. The molecule has 0 amide bonds. The first-order valence-electron chi connectivity index (χ1n) is 6.57. The molecule has 17 heavy (non-hydrogen) atoms. The van der Waals surface area contributed by atoms with Gasteiger partial charge in [-0.1, -0.05) is 20.8 Å². The van der Waals surface area contributed by atoms with E-state index in [0.29, 0.717) is 12.5 Å². The molecule has 0 unspecified atom stereocenters. The molecule has 1 heterocycles. The number of carbonyl (C=O) groups is 1. The van der Waals surface area contributed by atoms with Crippen LogP contribution in [0.2, 0.25) is 18.1 Å². The fourth-order valence-electron chi connectivity index (χ4n) is 2.25. The molecular formula is C13H24O3Si. The third-order valence-electron chi connectivity index (χ3n) is 4.79. The van der Waals surface area contributed by atoms with E-state index in [0.717, 1.165) is 12.8 Å². The van der Waals surface area contributed by atoms with Gasteiger partial charge in [-0.15, -0.1) is 0 Å². The first-order valence-corrected chi connectivity index (χ1v) is 9.48. The van der Waals surface area contributed by atoms with Crippen molar-refractivity contribution >= 4 is 14.3 Å². The summed E-state index contributed by atoms with van der Waals surface area (Å²) in [6, 6.07) is 0. The van der Waals surface area contributed by atoms with E-state index >= 15 is 0 Å². The molecule has 1 aliphatic heterocycles. The van der Waals surface area contributed by atoms with Gasteiger partial charge in [-0.3, -0.25) is 4.79 Å². The molecule has 0 aromatic carbocycles. The van der Waals surface area contributed by atoms with Crippen molar-refractivity contribution in [3.8, 4) is 0 Å². The summed E-state index contributed by atoms with van der Waals surface area (Å²) in [5.74, 6) is 0.625. The summed E-state index contributed by atoms with van der Waals surface area (Å²) in [5, 5.41) is 0.217. The highest BCUT2D eigenvalue weighted by Crippen LogP contribution is 2.45. The van der Waals surface area contributed by atoms with E-state index in [1.54, 1.807) is 0 Å². The largest absolute Gasteiger partial charge is 0.459 e. The lowest BCUT2D eigenvalue weighted by atomic mass is 9.73. The van der Waals surface area contributed by atoms with E-state index in [2.05, 4.69) is 33.9 Å². The molecule has 1 aliphatic carbocycles. The minimum absolute atomic E-state index is 0.00471. The molecule has 3 nitrogen and oxygen atoms in total. The maximum Gasteiger partial charge on any atom is 0.309 e. The van der Waals surface area contributed by atoms with Gasteiger partial charge in [0.15, 0.2) is 8.32 Å². The Hall–Kier alpha value is -0.353. The molecule has 0 radical (unpaired) electrons. The Bertz CT molecular complexity index is 319. The summed E-state index contributed by atoms with van der Waals surface area (Å²) in [7, 11) is -1.71. The van der Waals surface area contributed by atoms with Gasteiger partial charge in [-0.2, -0.15) is 0 Å². The molecule has 98 valence electrons. The molecule has 4 heteroatoms. The van der Waals surface area contributed by atoms with E-state index < -0.39 is 8.32 Å². The van der Waals surface area contributed by atoms with Crippen LogP contribution in [0, 0.1) is 11.8 Å². The van der Waals surface area contributed by atoms with Crippen molar-refractivity contribution in [3.05, 3.63) is 0 Å². The summed E-state index contributed by atoms with van der Waals surface area (Å²) in [6.07, 6.45) is 2.16. The third-order valence-corrected chi connectivity index (χ3v) is 9.29. The quantitative estimate of drug-likeness (QED) is 0.575. The number of esters is 1. The van der Waals surface area contributed by atoms with Gasteiger partial charge in [-0.05, 0) is 31.0 Å². The van der Waals surface area contributed by atoms with Crippen LogP contribution in [0.25, 0.3) is 0 Å². The van der Waals surface area contributed by atoms with Crippen LogP contribution in [0.15, 0.2) is 0 Å². The van der Waals surface area contributed by atoms with Crippen LogP contribution in [0.4, 0.5) is 0 Å². The number of hydrogen-bond donors (Lipinski definition) is 0. The first kappa shape index (κ1) is 13.1. The zero-order valence-corrected chi connectivity index (χ0v) is 12.6. The fourth-order valence-corrected chi connectivity index (χ4v) is 3.27. The van der Waals surface area contributed by atoms with Crippen LogP contribution in [0.5, 0.6) is 0 Å². The Balaban J connectivity index is 1.89. The second kappa shape index (κ2) is 4.09. The molecule has 0 N–H and O–H groups in total. The SMILES string of the molecule is CC(C)(C)[Si](C)(C)OC[C@H]1OC(=O)[C@@H]2CC[C@H]12. The Morgan fingerprint density at radius 2 is 2.00 bits per heavy atom. The zero-order valence-electron chi connectivity index (χ0n) is 11.6. The van der Waals surface area contributed by atoms with Crippen molar-refractivity contribution in [2.75, 3.05) is 6.61 Å². The van der Waals surface area contributed by atoms with Crippen LogP contribution in [-0.4, -0.2) is 27.0 Å². The normalized spacial score (nSPS) is 33.0. The molecule has 2 rings (SSSR count). The van der Waals surface area contributed by atoms with Crippen LogP contribution < -0.4 is 0 Å². The standard InChI is InChI=1S/C13H24O3Si/c1-13(2,3)17(4,5)15-8-11-9-6-7-10(9)12(14)16-11/h9-11H,6-8H2,1-5H3/t9-,10+,11+/m0/s1. The van der Waals surface area contributed by atoms with Gasteiger partial charge >= 0.3 is 5.97 Å². The maximum atomic E-state index is 11.5. The van der Waals surface area contributed by atoms with Crippen LogP contribution in [0.1, 0.15) is 33.6 Å². The van der Waals surface area contributed by atoms with Gasteiger partial charge in [0, 0.05) is 5.92 Å². The van der Waals surface area contributed by atoms with Crippen LogP contribution >= 0.6 is 0 Å². The smallest absolute Gasteiger partial charge is 0.309 e. The number of fused-ring (bicyclic) bond motifs is 1. The van der Waals surface area contributed by atoms with Crippen molar-refractivity contribution in [3.63, 3.8) is 0 Å². The summed E-state index contributed by atoms with van der Waals surface area (Å²) in [4.78, 5) is 11.5. The average Bonchev–Trinajstić information content (AvgIpc) is 2.30. The van der Waals surface area contributed by atoms with Crippen molar-refractivity contribution in [2.45, 2.75) is 57.8 Å². The van der Waals surface area contributed by atoms with Gasteiger partial charge in [0.2, 0.25) is 0 Å². The van der Waals surface area contributed by atoms with Crippen LogP contribution in [0.3, 0.4) is 0 Å². The summed E-state index contributed by atoms with van der Waals surface area (Å²) in [5.41, 5.74) is 0. The minimum Gasteiger partial charge on any atom is -0.459 e. The molecular weight excluding hydrogens is 232 g/mol. The number of carbonyl (C=O) groups excluding carboxylic acids is 1. The molecule has 3 atom stereocenters. The minimum atomic E-state index is -1.71. The van der Waals surface area contributed by atoms with Crippen molar-refractivity contribution < 1.29 is 14.0 Å². The second-order valence-electron chi connectivity index (χ2n) is 6.89. The molecule has 0 bridgehead atoms. The van der Waals surface area contributed by atoms with E-state index in [1.807, 2.05) is 0 Å². The Morgan fingerprint density at radius 3 is 2.41 bits per heavy atom. The molecule has 0 spiro atoms. The highest BCUT2D eigenvalue weighted by Gasteiger charge is 2.51. The highest BCUT2D eigenvalue weighted by molar-refractivity contribution is 6.74. The monoisotopic (exact) mass is 256 g/mol. The van der Waals surface area contributed by atoms with Crippen molar-refractivity contribution in [1.29, 1.82) is 0 Å². The van der Waals surface area contributed by atoms with E-state index in [-0.39, 0.29) is 23.0 Å². The maximum absolute atomic E-state index is 11.5. The lowest BCUT2D eigenvalue weighted by Gasteiger charge is -2.38. The number of ether oxygens (including phenoxy) is 1. The summed E-state index contributed by atoms with van der Waals surface area (Å²) >= 11 is 0. The van der Waals surface area contributed by atoms with Gasteiger partial charge in [0.05, 0.1) is 12.5 Å². The fraction of sp³-hybridized carbons (Fsp3) is 0.923. The average molecular weight is 256 g/mol. The molecule has 0 aromatic heterocycles. The lowest BCUT2D eigenvalue weighted by molar-refractivity contribution is -0.145. The highest BCUT2D eigenvalue weighted by atomic mass is 28.4. The van der Waals surface area contributed by atoms with E-state index in [9.17, 15) is 4.79 Å². The van der Waals surface area contributed by atoms with E-state index in [4.69, 9.17) is 9.16 Å². The van der Waals surface area contributed by atoms with Gasteiger partial charge in [0.25, 0.3) is 0 Å². The van der Waals surface area contributed by atoms with Crippen molar-refractivity contribution in [1.82, 2.24) is 0 Å². The van der Waals surface area contributed by atoms with Gasteiger partial charge < -0.3 is 9.16 Å². The molecule has 1 saturated heterocycles. The van der Waals surface area contributed by atoms with Gasteiger partial charge in [0.1, 0.15) is 6.10 Å². The van der Waals surface area contributed by atoms with Gasteiger partial charge in [-0.25, -0.2) is 0 Å². The predicted molar refractivity (Wildman–Crippen MR) is 69.2 cm³/mol. The molecule has 2 aliphatic rings. The topological polar surface area (TPSA) is 35.5 Å². The number of rotatable bonds is 3. The van der Waals surface area contributed by atoms with E-state index in [1.165, 1.54) is 0 Å². The molecule has 0 aromatic rings.